The second-order valence-electron chi connectivity index (χ2n) is 4.44. The normalized spacial score (nSPS) is 11.9. The molecule has 0 bridgehead atoms. The quantitative estimate of drug-likeness (QED) is 0.895. The van der Waals surface area contributed by atoms with E-state index in [-0.39, 0.29) is 0 Å². The largest absolute Gasteiger partial charge is 0.497 e. The van der Waals surface area contributed by atoms with Crippen LogP contribution in [0.2, 0.25) is 0 Å². The Morgan fingerprint density at radius 1 is 0.952 bits per heavy atom. The fraction of sp³-hybridized carbons (Fsp3) is 0.250. The van der Waals surface area contributed by atoms with Crippen molar-refractivity contribution < 1.29 is 14.2 Å². The van der Waals surface area contributed by atoms with Crippen molar-refractivity contribution in [2.75, 3.05) is 21.3 Å². The summed E-state index contributed by atoms with van der Waals surface area (Å²) < 4.78 is 17.0. The molecule has 21 heavy (non-hydrogen) atoms. The Labute approximate surface area is 132 Å². The van der Waals surface area contributed by atoms with Gasteiger partial charge in [0.25, 0.3) is 0 Å². The summed E-state index contributed by atoms with van der Waals surface area (Å²) >= 11 is 3.53. The summed E-state index contributed by atoms with van der Waals surface area (Å²) in [6.45, 7) is 0. The van der Waals surface area contributed by atoms with Crippen LogP contribution in [0.15, 0.2) is 40.9 Å². The standard InChI is InChI=1S/C16H18BrNO3/c1-19-10-7-8-12(17)11(9-10)16(18)15-13(20-2)5-4-6-14(15)21-3/h4-9,16H,18H2,1-3H3. The van der Waals surface area contributed by atoms with Gasteiger partial charge in [-0.2, -0.15) is 0 Å². The fourth-order valence-electron chi connectivity index (χ4n) is 2.23. The number of benzene rings is 2. The maximum absolute atomic E-state index is 6.45. The SMILES string of the molecule is COc1ccc(Br)c(C(N)c2c(OC)cccc2OC)c1. The first-order chi connectivity index (χ1) is 10.1. The molecule has 2 aromatic carbocycles. The number of halogens is 1. The minimum absolute atomic E-state index is 0.402. The van der Waals surface area contributed by atoms with Crippen molar-refractivity contribution in [3.63, 3.8) is 0 Å². The molecule has 0 heterocycles. The highest BCUT2D eigenvalue weighted by Gasteiger charge is 2.21. The molecule has 2 N–H and O–H groups in total. The van der Waals surface area contributed by atoms with Gasteiger partial charge >= 0.3 is 0 Å². The van der Waals surface area contributed by atoms with Gasteiger partial charge in [0, 0.05) is 4.47 Å². The van der Waals surface area contributed by atoms with E-state index in [9.17, 15) is 0 Å². The van der Waals surface area contributed by atoms with Gasteiger partial charge in [-0.05, 0) is 35.9 Å². The van der Waals surface area contributed by atoms with Crippen molar-refractivity contribution in [3.05, 3.63) is 52.0 Å². The number of nitrogens with two attached hydrogens (primary N) is 1. The highest BCUT2D eigenvalue weighted by molar-refractivity contribution is 9.10. The fourth-order valence-corrected chi connectivity index (χ4v) is 2.72. The van der Waals surface area contributed by atoms with Crippen molar-refractivity contribution in [1.82, 2.24) is 0 Å². The molecule has 0 aliphatic carbocycles. The molecule has 0 saturated heterocycles. The monoisotopic (exact) mass is 351 g/mol. The molecule has 0 saturated carbocycles. The number of hydrogen-bond donors (Lipinski definition) is 1. The lowest BCUT2D eigenvalue weighted by Crippen LogP contribution is -2.15. The van der Waals surface area contributed by atoms with E-state index in [4.69, 9.17) is 19.9 Å². The van der Waals surface area contributed by atoms with Crippen LogP contribution in [-0.2, 0) is 0 Å². The third-order valence-electron chi connectivity index (χ3n) is 3.32. The first-order valence-electron chi connectivity index (χ1n) is 6.42. The van der Waals surface area contributed by atoms with E-state index in [0.29, 0.717) is 11.5 Å². The zero-order valence-corrected chi connectivity index (χ0v) is 13.8. The average molecular weight is 352 g/mol. The van der Waals surface area contributed by atoms with Gasteiger partial charge in [0.1, 0.15) is 17.2 Å². The van der Waals surface area contributed by atoms with Crippen LogP contribution < -0.4 is 19.9 Å². The van der Waals surface area contributed by atoms with E-state index in [2.05, 4.69) is 15.9 Å². The third-order valence-corrected chi connectivity index (χ3v) is 4.04. The summed E-state index contributed by atoms with van der Waals surface area (Å²) in [6.07, 6.45) is 0. The zero-order valence-electron chi connectivity index (χ0n) is 12.2. The molecule has 2 rings (SSSR count). The van der Waals surface area contributed by atoms with Gasteiger partial charge in [0.15, 0.2) is 0 Å². The molecule has 0 radical (unpaired) electrons. The topological polar surface area (TPSA) is 53.7 Å². The molecule has 1 unspecified atom stereocenters. The van der Waals surface area contributed by atoms with Crippen LogP contribution in [0.3, 0.4) is 0 Å². The average Bonchev–Trinajstić information content (AvgIpc) is 2.53. The Morgan fingerprint density at radius 2 is 1.57 bits per heavy atom. The molecule has 2 aromatic rings. The van der Waals surface area contributed by atoms with Crippen LogP contribution >= 0.6 is 15.9 Å². The molecule has 0 spiro atoms. The van der Waals surface area contributed by atoms with Gasteiger partial charge in [-0.15, -0.1) is 0 Å². The highest BCUT2D eigenvalue weighted by atomic mass is 79.9. The van der Waals surface area contributed by atoms with Crippen molar-refractivity contribution in [2.45, 2.75) is 6.04 Å². The highest BCUT2D eigenvalue weighted by Crippen LogP contribution is 2.39. The van der Waals surface area contributed by atoms with Crippen LogP contribution in [0.25, 0.3) is 0 Å². The predicted octanol–water partition coefficient (Wildman–Crippen LogP) is 3.52. The smallest absolute Gasteiger partial charge is 0.127 e. The number of hydrogen-bond acceptors (Lipinski definition) is 4. The molecule has 0 fully saturated rings. The van der Waals surface area contributed by atoms with E-state index in [0.717, 1.165) is 21.3 Å². The maximum atomic E-state index is 6.45. The number of methoxy groups -OCH3 is 3. The molecule has 1 atom stereocenters. The lowest BCUT2D eigenvalue weighted by Gasteiger charge is -2.20. The van der Waals surface area contributed by atoms with Crippen LogP contribution in [0.1, 0.15) is 17.2 Å². The van der Waals surface area contributed by atoms with Gasteiger partial charge in [-0.1, -0.05) is 22.0 Å². The molecule has 0 aromatic heterocycles. The third kappa shape index (κ3) is 3.14. The Balaban J connectivity index is 2.56. The molecule has 4 nitrogen and oxygen atoms in total. The minimum Gasteiger partial charge on any atom is -0.497 e. The lowest BCUT2D eigenvalue weighted by molar-refractivity contribution is 0.382. The van der Waals surface area contributed by atoms with Crippen LogP contribution in [0, 0.1) is 0 Å². The van der Waals surface area contributed by atoms with E-state index < -0.39 is 6.04 Å². The second kappa shape index (κ2) is 6.83. The summed E-state index contributed by atoms with van der Waals surface area (Å²) in [5, 5.41) is 0. The van der Waals surface area contributed by atoms with Crippen LogP contribution in [-0.4, -0.2) is 21.3 Å². The molecule has 0 aliphatic heterocycles. The second-order valence-corrected chi connectivity index (χ2v) is 5.30. The van der Waals surface area contributed by atoms with Crippen molar-refractivity contribution in [3.8, 4) is 17.2 Å². The Morgan fingerprint density at radius 3 is 2.10 bits per heavy atom. The van der Waals surface area contributed by atoms with Crippen molar-refractivity contribution in [1.29, 1.82) is 0 Å². The van der Waals surface area contributed by atoms with Crippen LogP contribution in [0.4, 0.5) is 0 Å². The van der Waals surface area contributed by atoms with E-state index >= 15 is 0 Å². The summed E-state index contributed by atoms with van der Waals surface area (Å²) in [5.41, 5.74) is 8.15. The number of rotatable bonds is 5. The van der Waals surface area contributed by atoms with Crippen LogP contribution in [0.5, 0.6) is 17.2 Å². The molecular formula is C16H18BrNO3. The first-order valence-corrected chi connectivity index (χ1v) is 7.21. The zero-order chi connectivity index (χ0) is 15.4. The van der Waals surface area contributed by atoms with Crippen molar-refractivity contribution in [2.24, 2.45) is 5.73 Å². The van der Waals surface area contributed by atoms with E-state index in [1.165, 1.54) is 0 Å². The predicted molar refractivity (Wildman–Crippen MR) is 86.3 cm³/mol. The Kier molecular flexibility index (Phi) is 5.09. The van der Waals surface area contributed by atoms with Gasteiger partial charge in [-0.3, -0.25) is 0 Å². The molecular weight excluding hydrogens is 334 g/mol. The molecule has 0 amide bonds. The van der Waals surface area contributed by atoms with Gasteiger partial charge in [-0.25, -0.2) is 0 Å². The number of ether oxygens (including phenoxy) is 3. The summed E-state index contributed by atoms with van der Waals surface area (Å²) in [5.74, 6) is 2.13. The van der Waals surface area contributed by atoms with Gasteiger partial charge in [0.05, 0.1) is 32.9 Å². The minimum atomic E-state index is -0.402. The Hall–Kier alpha value is -1.72. The summed E-state index contributed by atoms with van der Waals surface area (Å²) in [4.78, 5) is 0. The summed E-state index contributed by atoms with van der Waals surface area (Å²) in [7, 11) is 4.86. The van der Waals surface area contributed by atoms with Gasteiger partial charge in [0.2, 0.25) is 0 Å². The summed E-state index contributed by atoms with van der Waals surface area (Å²) in [6, 6.07) is 10.9. The van der Waals surface area contributed by atoms with Gasteiger partial charge < -0.3 is 19.9 Å². The van der Waals surface area contributed by atoms with E-state index in [1.807, 2.05) is 36.4 Å². The maximum Gasteiger partial charge on any atom is 0.127 e. The molecule has 112 valence electrons. The molecule has 0 aliphatic rings. The Bertz CT molecular complexity index is 609. The van der Waals surface area contributed by atoms with Crippen molar-refractivity contribution >= 4 is 15.9 Å². The molecule has 5 heteroatoms. The first kappa shape index (κ1) is 15.7. The lowest BCUT2D eigenvalue weighted by atomic mass is 9.97. The van der Waals surface area contributed by atoms with E-state index in [1.54, 1.807) is 21.3 Å².